The highest BCUT2D eigenvalue weighted by Crippen LogP contribution is 2.38. The Balaban J connectivity index is 2.42. The Labute approximate surface area is 112 Å². The van der Waals surface area contributed by atoms with Gasteiger partial charge in [0, 0.05) is 12.5 Å². The number of carbonyl (C=O) groups excluding carboxylic acids is 1. The van der Waals surface area contributed by atoms with Crippen LogP contribution >= 0.6 is 0 Å². The number of anilines is 1. The summed E-state index contributed by atoms with van der Waals surface area (Å²) in [4.78, 5) is 13.7. The zero-order valence-corrected chi connectivity index (χ0v) is 11.2. The van der Waals surface area contributed by atoms with Gasteiger partial charge in [-0.3, -0.25) is 4.79 Å². The Morgan fingerprint density at radius 2 is 2.11 bits per heavy atom. The maximum Gasteiger partial charge on any atom is 0.228 e. The lowest BCUT2D eigenvalue weighted by Crippen LogP contribution is -2.32. The Morgan fingerprint density at radius 1 is 1.37 bits per heavy atom. The first kappa shape index (κ1) is 13.2. The number of rotatable bonds is 3. The third kappa shape index (κ3) is 2.22. The fourth-order valence-corrected chi connectivity index (χ4v) is 2.36. The molecule has 1 aromatic carbocycles. The first-order valence-corrected chi connectivity index (χ1v) is 6.06. The lowest BCUT2D eigenvalue weighted by molar-refractivity contribution is -0.117. The predicted molar refractivity (Wildman–Crippen MR) is 70.2 cm³/mol. The highest BCUT2D eigenvalue weighted by Gasteiger charge is 2.39. The minimum Gasteiger partial charge on any atom is -0.497 e. The predicted octanol–water partition coefficient (Wildman–Crippen LogP) is 1.97. The molecule has 1 aliphatic rings. The van der Waals surface area contributed by atoms with Gasteiger partial charge in [-0.15, -0.1) is 0 Å². The van der Waals surface area contributed by atoms with E-state index in [0.717, 1.165) is 0 Å². The first-order valence-electron chi connectivity index (χ1n) is 6.06. The van der Waals surface area contributed by atoms with Crippen molar-refractivity contribution in [2.75, 3.05) is 19.1 Å². The van der Waals surface area contributed by atoms with Crippen LogP contribution in [0.4, 0.5) is 5.69 Å². The van der Waals surface area contributed by atoms with Gasteiger partial charge in [-0.2, -0.15) is 5.26 Å². The summed E-state index contributed by atoms with van der Waals surface area (Å²) in [5.74, 6) is 0.900. The molecule has 2 unspecified atom stereocenters. The number of ether oxygens (including phenoxy) is 2. The molecule has 0 aliphatic carbocycles. The molecule has 1 amide bonds. The molecular weight excluding hydrogens is 244 g/mol. The third-order valence-corrected chi connectivity index (χ3v) is 3.47. The molecule has 2 rings (SSSR count). The highest BCUT2D eigenvalue weighted by atomic mass is 16.5. The number of methoxy groups -OCH3 is 2. The molecule has 0 aromatic heterocycles. The Kier molecular flexibility index (Phi) is 3.61. The molecule has 1 saturated heterocycles. The van der Waals surface area contributed by atoms with Gasteiger partial charge in [-0.05, 0) is 19.1 Å². The van der Waals surface area contributed by atoms with Gasteiger partial charge in [0.05, 0.1) is 37.9 Å². The van der Waals surface area contributed by atoms with Crippen LogP contribution in [0.2, 0.25) is 0 Å². The fourth-order valence-electron chi connectivity index (χ4n) is 2.36. The second kappa shape index (κ2) is 5.19. The van der Waals surface area contributed by atoms with E-state index in [9.17, 15) is 4.79 Å². The number of hydrogen-bond acceptors (Lipinski definition) is 4. The monoisotopic (exact) mass is 260 g/mol. The smallest absolute Gasteiger partial charge is 0.228 e. The van der Waals surface area contributed by atoms with Gasteiger partial charge < -0.3 is 14.4 Å². The minimum atomic E-state index is -0.278. The van der Waals surface area contributed by atoms with E-state index < -0.39 is 0 Å². The topological polar surface area (TPSA) is 62.6 Å². The molecular formula is C14H16N2O3. The molecule has 5 heteroatoms. The summed E-state index contributed by atoms with van der Waals surface area (Å²) < 4.78 is 10.4. The molecule has 1 aromatic rings. The summed E-state index contributed by atoms with van der Waals surface area (Å²) in [5.41, 5.74) is 0.679. The summed E-state index contributed by atoms with van der Waals surface area (Å²) in [7, 11) is 3.12. The summed E-state index contributed by atoms with van der Waals surface area (Å²) >= 11 is 0. The number of carbonyl (C=O) groups is 1. The molecule has 0 N–H and O–H groups in total. The van der Waals surface area contributed by atoms with Crippen molar-refractivity contribution in [3.8, 4) is 17.6 Å². The van der Waals surface area contributed by atoms with Crippen molar-refractivity contribution in [2.24, 2.45) is 5.92 Å². The van der Waals surface area contributed by atoms with Crippen LogP contribution in [0.25, 0.3) is 0 Å². The van der Waals surface area contributed by atoms with Crippen LogP contribution in [0.15, 0.2) is 18.2 Å². The average molecular weight is 260 g/mol. The maximum absolute atomic E-state index is 12.1. The largest absolute Gasteiger partial charge is 0.497 e. The fraction of sp³-hybridized carbons (Fsp3) is 0.429. The molecule has 0 bridgehead atoms. The quantitative estimate of drug-likeness (QED) is 0.833. The number of nitrogens with zero attached hydrogens (tertiary/aromatic N) is 2. The SMILES string of the molecule is COc1ccc(N2C(=O)CC(C#N)C2C)c(OC)c1. The van der Waals surface area contributed by atoms with E-state index >= 15 is 0 Å². The third-order valence-electron chi connectivity index (χ3n) is 3.47. The van der Waals surface area contributed by atoms with Crippen LogP contribution in [-0.2, 0) is 4.79 Å². The van der Waals surface area contributed by atoms with Crippen molar-refractivity contribution in [2.45, 2.75) is 19.4 Å². The summed E-state index contributed by atoms with van der Waals surface area (Å²) in [6.45, 7) is 1.88. The summed E-state index contributed by atoms with van der Waals surface area (Å²) in [6.07, 6.45) is 0.257. The molecule has 2 atom stereocenters. The van der Waals surface area contributed by atoms with Gasteiger partial charge in [0.1, 0.15) is 11.5 Å². The van der Waals surface area contributed by atoms with Crippen molar-refractivity contribution in [1.29, 1.82) is 5.26 Å². The van der Waals surface area contributed by atoms with Gasteiger partial charge in [0.2, 0.25) is 5.91 Å². The van der Waals surface area contributed by atoms with E-state index in [1.165, 1.54) is 0 Å². The second-order valence-electron chi connectivity index (χ2n) is 4.48. The lowest BCUT2D eigenvalue weighted by atomic mass is 10.0. The van der Waals surface area contributed by atoms with Crippen molar-refractivity contribution in [3.63, 3.8) is 0 Å². The van der Waals surface area contributed by atoms with Gasteiger partial charge >= 0.3 is 0 Å². The normalized spacial score (nSPS) is 22.2. The molecule has 5 nitrogen and oxygen atoms in total. The molecule has 1 fully saturated rings. The number of benzene rings is 1. The highest BCUT2D eigenvalue weighted by molar-refractivity contribution is 5.98. The van der Waals surface area contributed by atoms with Crippen LogP contribution in [-0.4, -0.2) is 26.2 Å². The van der Waals surface area contributed by atoms with E-state index in [0.29, 0.717) is 17.2 Å². The molecule has 100 valence electrons. The summed E-state index contributed by atoms with van der Waals surface area (Å²) in [6, 6.07) is 7.31. The first-order chi connectivity index (χ1) is 9.12. The molecule has 1 heterocycles. The van der Waals surface area contributed by atoms with Gasteiger partial charge in [-0.25, -0.2) is 0 Å². The van der Waals surface area contributed by atoms with Crippen LogP contribution in [0, 0.1) is 17.2 Å². The van der Waals surface area contributed by atoms with Gasteiger partial charge in [-0.1, -0.05) is 0 Å². The Morgan fingerprint density at radius 3 is 2.63 bits per heavy atom. The number of nitriles is 1. The minimum absolute atomic E-state index is 0.0532. The van der Waals surface area contributed by atoms with E-state index in [1.807, 2.05) is 6.92 Å². The molecule has 1 aliphatic heterocycles. The lowest BCUT2D eigenvalue weighted by Gasteiger charge is -2.24. The zero-order valence-electron chi connectivity index (χ0n) is 11.2. The van der Waals surface area contributed by atoms with E-state index in [-0.39, 0.29) is 24.3 Å². The summed E-state index contributed by atoms with van der Waals surface area (Å²) in [5, 5.41) is 9.05. The maximum atomic E-state index is 12.1. The average Bonchev–Trinajstić information content (AvgIpc) is 2.72. The molecule has 19 heavy (non-hydrogen) atoms. The number of hydrogen-bond donors (Lipinski definition) is 0. The Bertz CT molecular complexity index is 536. The van der Waals surface area contributed by atoms with Gasteiger partial charge in [0.15, 0.2) is 0 Å². The zero-order chi connectivity index (χ0) is 14.0. The van der Waals surface area contributed by atoms with Gasteiger partial charge in [0.25, 0.3) is 0 Å². The van der Waals surface area contributed by atoms with Crippen molar-refractivity contribution >= 4 is 11.6 Å². The van der Waals surface area contributed by atoms with E-state index in [1.54, 1.807) is 37.3 Å². The molecule has 0 spiro atoms. The second-order valence-corrected chi connectivity index (χ2v) is 4.48. The molecule has 0 saturated carbocycles. The standard InChI is InChI=1S/C14H16N2O3/c1-9-10(8-15)6-14(17)16(9)12-5-4-11(18-2)7-13(12)19-3/h4-5,7,9-10H,6H2,1-3H3. The van der Waals surface area contributed by atoms with Crippen LogP contribution in [0.3, 0.4) is 0 Å². The van der Waals surface area contributed by atoms with Crippen LogP contribution in [0.5, 0.6) is 11.5 Å². The van der Waals surface area contributed by atoms with Crippen LogP contribution < -0.4 is 14.4 Å². The van der Waals surface area contributed by atoms with Crippen LogP contribution in [0.1, 0.15) is 13.3 Å². The van der Waals surface area contributed by atoms with Crippen molar-refractivity contribution < 1.29 is 14.3 Å². The number of amides is 1. The van der Waals surface area contributed by atoms with Crippen molar-refractivity contribution in [3.05, 3.63) is 18.2 Å². The van der Waals surface area contributed by atoms with E-state index in [2.05, 4.69) is 6.07 Å². The Hall–Kier alpha value is -2.22. The molecule has 0 radical (unpaired) electrons. The van der Waals surface area contributed by atoms with E-state index in [4.69, 9.17) is 14.7 Å². The van der Waals surface area contributed by atoms with Crippen molar-refractivity contribution in [1.82, 2.24) is 0 Å².